The Kier molecular flexibility index (Phi) is 5.14. The van der Waals surface area contributed by atoms with Gasteiger partial charge in [0, 0.05) is 24.0 Å². The van der Waals surface area contributed by atoms with Crippen molar-refractivity contribution in [3.8, 4) is 5.75 Å². The largest absolute Gasteiger partial charge is 0.496 e. The first-order valence-electron chi connectivity index (χ1n) is 8.19. The number of methoxy groups -OCH3 is 1. The number of aryl methyl sites for hydroxylation is 2. The van der Waals surface area contributed by atoms with E-state index in [0.29, 0.717) is 12.5 Å². The lowest BCUT2D eigenvalue weighted by atomic mass is 10.1. The standard InChI is InChI=1S/C20H22N4O/c1-14-7-6-8-15(2)19(14)24-20-21-12-11-18(23-20)22-13-16-9-4-5-10-17(16)25-3/h4-12H,13H2,1-3H3,(H2,21,22,23,24). The molecule has 5 nitrogen and oxygen atoms in total. The third-order valence-electron chi connectivity index (χ3n) is 4.03. The monoisotopic (exact) mass is 334 g/mol. The normalized spacial score (nSPS) is 10.4. The van der Waals surface area contributed by atoms with Crippen molar-refractivity contribution in [1.82, 2.24) is 9.97 Å². The van der Waals surface area contributed by atoms with Crippen molar-refractivity contribution in [3.63, 3.8) is 0 Å². The van der Waals surface area contributed by atoms with Crippen LogP contribution in [0.2, 0.25) is 0 Å². The Morgan fingerprint density at radius 3 is 2.48 bits per heavy atom. The highest BCUT2D eigenvalue weighted by Gasteiger charge is 2.06. The summed E-state index contributed by atoms with van der Waals surface area (Å²) < 4.78 is 5.38. The van der Waals surface area contributed by atoms with Crippen LogP contribution in [0.15, 0.2) is 54.7 Å². The minimum absolute atomic E-state index is 0.572. The number of hydrogen-bond acceptors (Lipinski definition) is 5. The third kappa shape index (κ3) is 4.07. The van der Waals surface area contributed by atoms with Crippen LogP contribution in [0.3, 0.4) is 0 Å². The molecule has 3 rings (SSSR count). The molecule has 0 aliphatic heterocycles. The summed E-state index contributed by atoms with van der Waals surface area (Å²) in [6.07, 6.45) is 1.74. The molecule has 0 aliphatic rings. The van der Waals surface area contributed by atoms with Gasteiger partial charge in [0.15, 0.2) is 0 Å². The van der Waals surface area contributed by atoms with E-state index in [0.717, 1.165) is 33.9 Å². The third-order valence-corrected chi connectivity index (χ3v) is 4.03. The van der Waals surface area contributed by atoms with E-state index in [4.69, 9.17) is 4.74 Å². The van der Waals surface area contributed by atoms with Crippen LogP contribution in [0.4, 0.5) is 17.5 Å². The zero-order valence-corrected chi connectivity index (χ0v) is 14.7. The fourth-order valence-corrected chi connectivity index (χ4v) is 2.68. The average Bonchev–Trinajstić information content (AvgIpc) is 2.64. The van der Waals surface area contributed by atoms with E-state index >= 15 is 0 Å². The Bertz CT molecular complexity index is 844. The molecule has 0 radical (unpaired) electrons. The molecule has 3 aromatic rings. The molecule has 2 N–H and O–H groups in total. The maximum Gasteiger partial charge on any atom is 0.229 e. The second kappa shape index (κ2) is 7.66. The van der Waals surface area contributed by atoms with Gasteiger partial charge in [0.05, 0.1) is 7.11 Å². The highest BCUT2D eigenvalue weighted by Crippen LogP contribution is 2.23. The molecular weight excluding hydrogens is 312 g/mol. The molecular formula is C20H22N4O. The van der Waals surface area contributed by atoms with Crippen molar-refractivity contribution in [3.05, 3.63) is 71.4 Å². The van der Waals surface area contributed by atoms with E-state index in [1.807, 2.05) is 36.4 Å². The fourth-order valence-electron chi connectivity index (χ4n) is 2.68. The second-order valence-corrected chi connectivity index (χ2v) is 5.82. The van der Waals surface area contributed by atoms with Crippen molar-refractivity contribution in [1.29, 1.82) is 0 Å². The maximum atomic E-state index is 5.38. The number of aromatic nitrogens is 2. The van der Waals surface area contributed by atoms with Crippen molar-refractivity contribution in [2.45, 2.75) is 20.4 Å². The number of hydrogen-bond donors (Lipinski definition) is 2. The lowest BCUT2D eigenvalue weighted by Gasteiger charge is -2.13. The van der Waals surface area contributed by atoms with Crippen LogP contribution in [0.1, 0.15) is 16.7 Å². The molecule has 0 atom stereocenters. The number of rotatable bonds is 6. The Morgan fingerprint density at radius 1 is 0.960 bits per heavy atom. The number of nitrogens with zero attached hydrogens (tertiary/aromatic N) is 2. The average molecular weight is 334 g/mol. The summed E-state index contributed by atoms with van der Waals surface area (Å²) in [5.74, 6) is 2.19. The summed E-state index contributed by atoms with van der Waals surface area (Å²) in [5.41, 5.74) is 4.45. The topological polar surface area (TPSA) is 59.1 Å². The fraction of sp³-hybridized carbons (Fsp3) is 0.200. The SMILES string of the molecule is COc1ccccc1CNc1ccnc(Nc2c(C)cccc2C)n1. The maximum absolute atomic E-state index is 5.38. The first-order chi connectivity index (χ1) is 12.2. The molecule has 1 aromatic heterocycles. The predicted molar refractivity (Wildman–Crippen MR) is 102 cm³/mol. The van der Waals surface area contributed by atoms with Crippen LogP contribution in [-0.4, -0.2) is 17.1 Å². The number of ether oxygens (including phenoxy) is 1. The molecule has 0 fully saturated rings. The zero-order valence-electron chi connectivity index (χ0n) is 14.7. The molecule has 0 bridgehead atoms. The minimum Gasteiger partial charge on any atom is -0.496 e. The smallest absolute Gasteiger partial charge is 0.229 e. The van der Waals surface area contributed by atoms with Gasteiger partial charge in [0.2, 0.25) is 5.95 Å². The lowest BCUT2D eigenvalue weighted by Crippen LogP contribution is -2.06. The van der Waals surface area contributed by atoms with Crippen LogP contribution < -0.4 is 15.4 Å². The molecule has 0 aliphatic carbocycles. The van der Waals surface area contributed by atoms with E-state index in [9.17, 15) is 0 Å². The van der Waals surface area contributed by atoms with Crippen LogP contribution >= 0.6 is 0 Å². The van der Waals surface area contributed by atoms with Crippen LogP contribution in [0.5, 0.6) is 5.75 Å². The summed E-state index contributed by atoms with van der Waals surface area (Å²) in [4.78, 5) is 8.87. The Hall–Kier alpha value is -3.08. The van der Waals surface area contributed by atoms with E-state index in [1.165, 1.54) is 0 Å². The quantitative estimate of drug-likeness (QED) is 0.697. The number of benzene rings is 2. The molecule has 0 saturated heterocycles. The van der Waals surface area contributed by atoms with Crippen LogP contribution in [0.25, 0.3) is 0 Å². The van der Waals surface area contributed by atoms with Gasteiger partial charge in [-0.25, -0.2) is 4.98 Å². The van der Waals surface area contributed by atoms with Crippen molar-refractivity contribution in [2.24, 2.45) is 0 Å². The minimum atomic E-state index is 0.572. The molecule has 128 valence electrons. The van der Waals surface area contributed by atoms with Gasteiger partial charge >= 0.3 is 0 Å². The van der Waals surface area contributed by atoms with Crippen LogP contribution in [0, 0.1) is 13.8 Å². The van der Waals surface area contributed by atoms with Gasteiger partial charge < -0.3 is 15.4 Å². The number of anilines is 3. The van der Waals surface area contributed by atoms with Crippen molar-refractivity contribution < 1.29 is 4.74 Å². The van der Waals surface area contributed by atoms with Gasteiger partial charge in [-0.1, -0.05) is 36.4 Å². The molecule has 0 spiro atoms. The lowest BCUT2D eigenvalue weighted by molar-refractivity contribution is 0.410. The van der Waals surface area contributed by atoms with Crippen LogP contribution in [-0.2, 0) is 6.54 Å². The molecule has 2 aromatic carbocycles. The highest BCUT2D eigenvalue weighted by molar-refractivity contribution is 5.63. The van der Waals surface area contributed by atoms with Gasteiger partial charge in [0.1, 0.15) is 11.6 Å². The summed E-state index contributed by atoms with van der Waals surface area (Å²) >= 11 is 0. The Balaban J connectivity index is 1.73. The van der Waals surface area contributed by atoms with Gasteiger partial charge in [-0.2, -0.15) is 4.98 Å². The Morgan fingerprint density at radius 2 is 1.72 bits per heavy atom. The van der Waals surface area contributed by atoms with Crippen molar-refractivity contribution >= 4 is 17.5 Å². The Labute approximate surface area is 148 Å². The van der Waals surface area contributed by atoms with E-state index < -0.39 is 0 Å². The first kappa shape index (κ1) is 16.8. The molecule has 25 heavy (non-hydrogen) atoms. The molecule has 0 saturated carbocycles. The van der Waals surface area contributed by atoms with E-state index in [1.54, 1.807) is 13.3 Å². The number of para-hydroxylation sites is 2. The van der Waals surface area contributed by atoms with Gasteiger partial charge in [-0.3, -0.25) is 0 Å². The van der Waals surface area contributed by atoms with Crippen molar-refractivity contribution in [2.75, 3.05) is 17.7 Å². The summed E-state index contributed by atoms with van der Waals surface area (Å²) in [6, 6.07) is 16.0. The molecule has 0 amide bonds. The van der Waals surface area contributed by atoms with Gasteiger partial charge in [-0.15, -0.1) is 0 Å². The second-order valence-electron chi connectivity index (χ2n) is 5.82. The van der Waals surface area contributed by atoms with E-state index in [-0.39, 0.29) is 0 Å². The van der Waals surface area contributed by atoms with Gasteiger partial charge in [-0.05, 0) is 37.1 Å². The van der Waals surface area contributed by atoms with E-state index in [2.05, 4.69) is 46.6 Å². The highest BCUT2D eigenvalue weighted by atomic mass is 16.5. The zero-order chi connectivity index (χ0) is 17.6. The molecule has 1 heterocycles. The molecule has 5 heteroatoms. The first-order valence-corrected chi connectivity index (χ1v) is 8.19. The number of nitrogens with one attached hydrogen (secondary N) is 2. The predicted octanol–water partition coefficient (Wildman–Crippen LogP) is 4.46. The summed E-state index contributed by atoms with van der Waals surface area (Å²) in [7, 11) is 1.68. The summed E-state index contributed by atoms with van der Waals surface area (Å²) in [6.45, 7) is 4.77. The van der Waals surface area contributed by atoms with Gasteiger partial charge in [0.25, 0.3) is 0 Å². The summed E-state index contributed by atoms with van der Waals surface area (Å²) in [5, 5.41) is 6.63. The molecule has 0 unspecified atom stereocenters.